The first-order chi connectivity index (χ1) is 12.6. The van der Waals surface area contributed by atoms with Crippen molar-refractivity contribution < 1.29 is 14.3 Å². The quantitative estimate of drug-likeness (QED) is 0.563. The lowest BCUT2D eigenvalue weighted by Crippen LogP contribution is -2.41. The highest BCUT2D eigenvalue weighted by atomic mass is 35.5. The minimum absolute atomic E-state index is 0.00368. The number of rotatable bonds is 5. The van der Waals surface area contributed by atoms with Gasteiger partial charge < -0.3 is 9.64 Å². The number of aromatic nitrogens is 4. The molecule has 1 aliphatic heterocycles. The molecule has 0 bridgehead atoms. The van der Waals surface area contributed by atoms with Crippen molar-refractivity contribution in [3.05, 3.63) is 29.3 Å². The van der Waals surface area contributed by atoms with Gasteiger partial charge in [0.15, 0.2) is 0 Å². The van der Waals surface area contributed by atoms with Crippen LogP contribution in [0.2, 0.25) is 5.02 Å². The number of carbonyl (C=O) groups excluding carboxylic acids is 2. The van der Waals surface area contributed by atoms with Gasteiger partial charge in [-0.25, -0.2) is 0 Å². The number of methoxy groups -OCH3 is 1. The third-order valence-electron chi connectivity index (χ3n) is 4.22. The zero-order chi connectivity index (χ0) is 18.5. The largest absolute Gasteiger partial charge is 0.469 e. The molecule has 0 N–H and O–H groups in total. The van der Waals surface area contributed by atoms with E-state index in [9.17, 15) is 9.59 Å². The summed E-state index contributed by atoms with van der Waals surface area (Å²) in [6, 6.07) is 7.12. The Kier molecular flexibility index (Phi) is 6.10. The molecule has 0 unspecified atom stereocenters. The molecule has 0 radical (unpaired) electrons. The first kappa shape index (κ1) is 18.7. The molecule has 0 spiro atoms. The van der Waals surface area contributed by atoms with Crippen LogP contribution in [0, 0.1) is 5.92 Å². The molecule has 26 heavy (non-hydrogen) atoms. The van der Waals surface area contributed by atoms with Gasteiger partial charge in [-0.15, -0.1) is 5.10 Å². The number of hydrogen-bond donors (Lipinski definition) is 0. The monoisotopic (exact) mass is 395 g/mol. The van der Waals surface area contributed by atoms with Crippen LogP contribution in [0.3, 0.4) is 0 Å². The van der Waals surface area contributed by atoms with Gasteiger partial charge in [-0.1, -0.05) is 23.4 Å². The Morgan fingerprint density at radius 3 is 2.62 bits per heavy atom. The van der Waals surface area contributed by atoms with Crippen molar-refractivity contribution in [1.29, 1.82) is 0 Å². The zero-order valence-electron chi connectivity index (χ0n) is 14.2. The van der Waals surface area contributed by atoms with Crippen molar-refractivity contribution in [2.75, 3.05) is 26.0 Å². The topological polar surface area (TPSA) is 90.2 Å². The molecule has 1 saturated heterocycles. The van der Waals surface area contributed by atoms with E-state index >= 15 is 0 Å². The van der Waals surface area contributed by atoms with Crippen LogP contribution >= 0.6 is 23.4 Å². The van der Waals surface area contributed by atoms with E-state index in [4.69, 9.17) is 16.3 Å². The highest BCUT2D eigenvalue weighted by Crippen LogP contribution is 2.22. The highest BCUT2D eigenvalue weighted by Gasteiger charge is 2.28. The van der Waals surface area contributed by atoms with E-state index in [0.29, 0.717) is 36.1 Å². The van der Waals surface area contributed by atoms with Gasteiger partial charge in [0, 0.05) is 18.1 Å². The predicted molar refractivity (Wildman–Crippen MR) is 96.2 cm³/mol. The van der Waals surface area contributed by atoms with Gasteiger partial charge in [0.2, 0.25) is 11.1 Å². The number of halogens is 1. The van der Waals surface area contributed by atoms with Crippen LogP contribution in [0.5, 0.6) is 0 Å². The number of amides is 1. The molecule has 1 amide bonds. The van der Waals surface area contributed by atoms with Crippen molar-refractivity contribution in [2.24, 2.45) is 5.92 Å². The Morgan fingerprint density at radius 1 is 1.27 bits per heavy atom. The van der Waals surface area contributed by atoms with Gasteiger partial charge in [0.05, 0.1) is 24.5 Å². The van der Waals surface area contributed by atoms with Crippen LogP contribution < -0.4 is 0 Å². The molecule has 0 aliphatic carbocycles. The number of piperidine rings is 1. The molecule has 1 fully saturated rings. The second-order valence-electron chi connectivity index (χ2n) is 5.82. The van der Waals surface area contributed by atoms with Gasteiger partial charge in [0.1, 0.15) is 0 Å². The summed E-state index contributed by atoms with van der Waals surface area (Å²) in [5, 5.41) is 12.8. The summed E-state index contributed by atoms with van der Waals surface area (Å²) in [7, 11) is 1.39. The van der Waals surface area contributed by atoms with E-state index in [0.717, 1.165) is 5.69 Å². The molecule has 0 saturated carbocycles. The highest BCUT2D eigenvalue weighted by molar-refractivity contribution is 7.99. The molecular formula is C16H18ClN5O3S. The minimum atomic E-state index is -0.200. The number of tetrazole rings is 1. The fourth-order valence-electron chi connectivity index (χ4n) is 2.76. The average Bonchev–Trinajstić information content (AvgIpc) is 3.14. The van der Waals surface area contributed by atoms with Crippen LogP contribution in [-0.4, -0.2) is 62.9 Å². The van der Waals surface area contributed by atoms with Gasteiger partial charge in [0.25, 0.3) is 0 Å². The molecule has 1 aromatic heterocycles. The van der Waals surface area contributed by atoms with Gasteiger partial charge >= 0.3 is 5.97 Å². The summed E-state index contributed by atoms with van der Waals surface area (Å²) in [6.45, 7) is 1.11. The van der Waals surface area contributed by atoms with Crippen LogP contribution in [0.15, 0.2) is 29.4 Å². The summed E-state index contributed by atoms with van der Waals surface area (Å²) in [4.78, 5) is 25.7. The summed E-state index contributed by atoms with van der Waals surface area (Å²) >= 11 is 7.17. The van der Waals surface area contributed by atoms with Crippen molar-refractivity contribution >= 4 is 35.2 Å². The number of hydrogen-bond acceptors (Lipinski definition) is 7. The second kappa shape index (κ2) is 8.50. The predicted octanol–water partition coefficient (Wildman–Crippen LogP) is 1.82. The normalized spacial score (nSPS) is 15.1. The standard InChI is InChI=1S/C16H18ClN5O3S/c1-25-15(24)11-6-8-21(9-7-11)14(23)10-26-16-18-19-20-22(16)13-4-2-12(17)3-5-13/h2-5,11H,6-10H2,1H3. The number of likely N-dealkylation sites (tertiary alicyclic amines) is 1. The Balaban J connectivity index is 1.55. The first-order valence-electron chi connectivity index (χ1n) is 8.11. The lowest BCUT2D eigenvalue weighted by Gasteiger charge is -2.30. The summed E-state index contributed by atoms with van der Waals surface area (Å²) in [5.41, 5.74) is 0.772. The Morgan fingerprint density at radius 2 is 1.96 bits per heavy atom. The van der Waals surface area contributed by atoms with Crippen LogP contribution in [0.1, 0.15) is 12.8 Å². The SMILES string of the molecule is COC(=O)C1CCN(C(=O)CSc2nnnn2-c2ccc(Cl)cc2)CC1. The van der Waals surface area contributed by atoms with Crippen molar-refractivity contribution in [1.82, 2.24) is 25.1 Å². The summed E-state index contributed by atoms with van der Waals surface area (Å²) < 4.78 is 6.33. The van der Waals surface area contributed by atoms with E-state index in [1.807, 2.05) is 12.1 Å². The van der Waals surface area contributed by atoms with E-state index < -0.39 is 0 Å². The smallest absolute Gasteiger partial charge is 0.308 e. The molecule has 2 aromatic rings. The maximum atomic E-state index is 12.4. The second-order valence-corrected chi connectivity index (χ2v) is 7.20. The number of benzene rings is 1. The Labute approximate surface area is 159 Å². The molecular weight excluding hydrogens is 378 g/mol. The molecule has 1 aromatic carbocycles. The maximum absolute atomic E-state index is 12.4. The summed E-state index contributed by atoms with van der Waals surface area (Å²) in [5.74, 6) is -0.0804. The van der Waals surface area contributed by atoms with Crippen molar-refractivity contribution in [3.8, 4) is 5.69 Å². The van der Waals surface area contributed by atoms with Gasteiger partial charge in [-0.05, 0) is 47.5 Å². The molecule has 0 atom stereocenters. The first-order valence-corrected chi connectivity index (χ1v) is 9.47. The minimum Gasteiger partial charge on any atom is -0.469 e. The zero-order valence-corrected chi connectivity index (χ0v) is 15.7. The number of esters is 1. The fraction of sp³-hybridized carbons (Fsp3) is 0.438. The number of ether oxygens (including phenoxy) is 1. The lowest BCUT2D eigenvalue weighted by atomic mass is 9.97. The van der Waals surface area contributed by atoms with Gasteiger partial charge in [-0.3, -0.25) is 9.59 Å². The molecule has 1 aliphatic rings. The van der Waals surface area contributed by atoms with E-state index in [1.54, 1.807) is 21.7 Å². The van der Waals surface area contributed by atoms with Crippen LogP contribution in [0.4, 0.5) is 0 Å². The fourth-order valence-corrected chi connectivity index (χ4v) is 3.68. The molecule has 3 rings (SSSR count). The Hall–Kier alpha value is -2.13. The number of thioether (sulfide) groups is 1. The van der Waals surface area contributed by atoms with E-state index in [-0.39, 0.29) is 23.5 Å². The third kappa shape index (κ3) is 4.34. The van der Waals surface area contributed by atoms with Gasteiger partial charge in [-0.2, -0.15) is 4.68 Å². The maximum Gasteiger partial charge on any atom is 0.308 e. The van der Waals surface area contributed by atoms with E-state index in [2.05, 4.69) is 15.5 Å². The molecule has 2 heterocycles. The molecule has 138 valence electrons. The summed E-state index contributed by atoms with van der Waals surface area (Å²) in [6.07, 6.45) is 1.26. The molecule has 10 heteroatoms. The van der Waals surface area contributed by atoms with Crippen LogP contribution in [0.25, 0.3) is 5.69 Å². The lowest BCUT2D eigenvalue weighted by molar-refractivity contribution is -0.148. The average molecular weight is 396 g/mol. The van der Waals surface area contributed by atoms with Crippen molar-refractivity contribution in [3.63, 3.8) is 0 Å². The Bertz CT molecular complexity index is 774. The number of nitrogens with zero attached hydrogens (tertiary/aromatic N) is 5. The number of carbonyl (C=O) groups is 2. The van der Waals surface area contributed by atoms with Crippen molar-refractivity contribution in [2.45, 2.75) is 18.0 Å². The molecule has 8 nitrogen and oxygen atoms in total. The van der Waals surface area contributed by atoms with E-state index in [1.165, 1.54) is 18.9 Å². The van der Waals surface area contributed by atoms with Crippen LogP contribution in [-0.2, 0) is 14.3 Å². The third-order valence-corrected chi connectivity index (χ3v) is 5.38.